The molecule has 1 amide bonds. The normalized spacial score (nSPS) is 15.7. The number of aryl methyl sites for hydroxylation is 1. The lowest BCUT2D eigenvalue weighted by Crippen LogP contribution is -2.29. The van der Waals surface area contributed by atoms with Crippen molar-refractivity contribution in [3.05, 3.63) is 17.5 Å². The van der Waals surface area contributed by atoms with Gasteiger partial charge in [0.15, 0.2) is 0 Å². The standard InChI is InChI=1S/C14H24N4O4S/c1-3-4-8-22-14(19)15-10-12-9-13-11-17(23(2,20)21)6-5-7-18(13)16-12/h9H,3-8,10-11H2,1-2H3,(H,15,19). The Kier molecular flexibility index (Phi) is 6.00. The van der Waals surface area contributed by atoms with Gasteiger partial charge in [-0.25, -0.2) is 13.2 Å². The van der Waals surface area contributed by atoms with Crippen LogP contribution >= 0.6 is 0 Å². The molecular formula is C14H24N4O4S. The van der Waals surface area contributed by atoms with Gasteiger partial charge in [-0.15, -0.1) is 0 Å². The van der Waals surface area contributed by atoms with Gasteiger partial charge in [0.05, 0.1) is 37.3 Å². The third kappa shape index (κ3) is 5.21. The quantitative estimate of drug-likeness (QED) is 0.779. The van der Waals surface area contributed by atoms with E-state index in [1.807, 2.05) is 17.7 Å². The Morgan fingerprint density at radius 1 is 1.43 bits per heavy atom. The number of sulfonamides is 1. The van der Waals surface area contributed by atoms with Crippen molar-refractivity contribution < 1.29 is 17.9 Å². The van der Waals surface area contributed by atoms with Crippen LogP contribution in [0, 0.1) is 0 Å². The molecule has 8 nitrogen and oxygen atoms in total. The molecule has 0 atom stereocenters. The van der Waals surface area contributed by atoms with Crippen LogP contribution in [0.3, 0.4) is 0 Å². The summed E-state index contributed by atoms with van der Waals surface area (Å²) in [5.41, 5.74) is 1.53. The molecule has 0 saturated heterocycles. The molecule has 0 fully saturated rings. The maximum Gasteiger partial charge on any atom is 0.407 e. The summed E-state index contributed by atoms with van der Waals surface area (Å²) in [6.45, 7) is 4.18. The molecule has 0 aromatic carbocycles. The molecule has 0 unspecified atom stereocenters. The van der Waals surface area contributed by atoms with E-state index in [2.05, 4.69) is 10.4 Å². The highest BCUT2D eigenvalue weighted by atomic mass is 32.2. The van der Waals surface area contributed by atoms with Crippen molar-refractivity contribution in [3.8, 4) is 0 Å². The van der Waals surface area contributed by atoms with Gasteiger partial charge in [-0.3, -0.25) is 4.68 Å². The Bertz CT molecular complexity index is 641. The summed E-state index contributed by atoms with van der Waals surface area (Å²) in [6, 6.07) is 1.83. The van der Waals surface area contributed by atoms with Gasteiger partial charge in [-0.05, 0) is 18.9 Å². The minimum Gasteiger partial charge on any atom is -0.450 e. The molecule has 0 aliphatic carbocycles. The number of hydrogen-bond acceptors (Lipinski definition) is 5. The number of nitrogens with zero attached hydrogens (tertiary/aromatic N) is 3. The van der Waals surface area contributed by atoms with Gasteiger partial charge in [-0.2, -0.15) is 9.40 Å². The zero-order valence-corrected chi connectivity index (χ0v) is 14.4. The highest BCUT2D eigenvalue weighted by Gasteiger charge is 2.22. The molecule has 9 heteroatoms. The van der Waals surface area contributed by atoms with Gasteiger partial charge in [0, 0.05) is 13.1 Å². The smallest absolute Gasteiger partial charge is 0.407 e. The second-order valence-corrected chi connectivity index (χ2v) is 7.63. The number of aromatic nitrogens is 2. The van der Waals surface area contributed by atoms with Crippen LogP contribution in [-0.4, -0.2) is 48.0 Å². The monoisotopic (exact) mass is 344 g/mol. The summed E-state index contributed by atoms with van der Waals surface area (Å²) >= 11 is 0. The first-order valence-corrected chi connectivity index (χ1v) is 9.66. The van der Waals surface area contributed by atoms with E-state index >= 15 is 0 Å². The fraction of sp³-hybridized carbons (Fsp3) is 0.714. The zero-order chi connectivity index (χ0) is 16.9. The summed E-state index contributed by atoms with van der Waals surface area (Å²) < 4.78 is 31.7. The van der Waals surface area contributed by atoms with Crippen LogP contribution in [0.2, 0.25) is 0 Å². The van der Waals surface area contributed by atoms with Crippen LogP contribution in [0.1, 0.15) is 37.6 Å². The van der Waals surface area contributed by atoms with E-state index in [-0.39, 0.29) is 6.54 Å². The summed E-state index contributed by atoms with van der Waals surface area (Å²) in [5, 5.41) is 7.08. The highest BCUT2D eigenvalue weighted by Crippen LogP contribution is 2.16. The molecule has 1 aromatic rings. The van der Waals surface area contributed by atoms with Crippen molar-refractivity contribution in [2.24, 2.45) is 0 Å². The summed E-state index contributed by atoms with van der Waals surface area (Å²) in [6.07, 6.45) is 3.28. The fourth-order valence-electron chi connectivity index (χ4n) is 2.38. The maximum atomic E-state index is 11.7. The molecular weight excluding hydrogens is 320 g/mol. The molecule has 2 heterocycles. The van der Waals surface area contributed by atoms with Gasteiger partial charge < -0.3 is 10.1 Å². The molecule has 1 aliphatic heterocycles. The number of ether oxygens (including phenoxy) is 1. The van der Waals surface area contributed by atoms with Crippen LogP contribution < -0.4 is 5.32 Å². The minimum absolute atomic E-state index is 0.268. The molecule has 0 radical (unpaired) electrons. The Morgan fingerprint density at radius 3 is 2.91 bits per heavy atom. The summed E-state index contributed by atoms with van der Waals surface area (Å²) in [4.78, 5) is 11.5. The molecule has 0 spiro atoms. The van der Waals surface area contributed by atoms with Gasteiger partial charge in [-0.1, -0.05) is 13.3 Å². The average molecular weight is 344 g/mol. The van der Waals surface area contributed by atoms with Gasteiger partial charge in [0.25, 0.3) is 0 Å². The third-order valence-electron chi connectivity index (χ3n) is 3.64. The van der Waals surface area contributed by atoms with Gasteiger partial charge in [0.1, 0.15) is 0 Å². The number of carbonyl (C=O) groups excluding carboxylic acids is 1. The number of amides is 1. The second kappa shape index (κ2) is 7.78. The number of nitrogens with one attached hydrogen (secondary N) is 1. The molecule has 0 saturated carbocycles. The number of carbonyl (C=O) groups is 1. The number of rotatable bonds is 6. The highest BCUT2D eigenvalue weighted by molar-refractivity contribution is 7.88. The predicted octanol–water partition coefficient (Wildman–Crippen LogP) is 1.07. The van der Waals surface area contributed by atoms with Crippen LogP contribution in [0.5, 0.6) is 0 Å². The van der Waals surface area contributed by atoms with E-state index in [0.717, 1.165) is 18.5 Å². The van der Waals surface area contributed by atoms with Crippen molar-refractivity contribution in [2.75, 3.05) is 19.4 Å². The van der Waals surface area contributed by atoms with Crippen molar-refractivity contribution in [1.29, 1.82) is 0 Å². The zero-order valence-electron chi connectivity index (χ0n) is 13.6. The van der Waals surface area contributed by atoms with Gasteiger partial charge >= 0.3 is 6.09 Å². The molecule has 23 heavy (non-hydrogen) atoms. The van der Waals surface area contributed by atoms with E-state index in [1.165, 1.54) is 10.6 Å². The second-order valence-electron chi connectivity index (χ2n) is 5.64. The molecule has 1 aromatic heterocycles. The molecule has 0 bridgehead atoms. The first kappa shape index (κ1) is 17.7. The predicted molar refractivity (Wildman–Crippen MR) is 85.2 cm³/mol. The van der Waals surface area contributed by atoms with Gasteiger partial charge in [0.2, 0.25) is 10.0 Å². The van der Waals surface area contributed by atoms with Crippen molar-refractivity contribution in [2.45, 2.75) is 45.8 Å². The van der Waals surface area contributed by atoms with E-state index in [4.69, 9.17) is 4.74 Å². The first-order chi connectivity index (χ1) is 10.9. The number of alkyl carbamates (subject to hydrolysis) is 1. The fourth-order valence-corrected chi connectivity index (χ4v) is 3.21. The molecule has 1 aliphatic rings. The summed E-state index contributed by atoms with van der Waals surface area (Å²) in [5.74, 6) is 0. The SMILES string of the molecule is CCCCOC(=O)NCc1cc2n(n1)CCCN(S(C)(=O)=O)C2. The minimum atomic E-state index is -3.22. The molecule has 2 rings (SSSR count). The molecule has 130 valence electrons. The van der Waals surface area contributed by atoms with E-state index in [9.17, 15) is 13.2 Å². The third-order valence-corrected chi connectivity index (χ3v) is 4.89. The van der Waals surface area contributed by atoms with Crippen molar-refractivity contribution in [3.63, 3.8) is 0 Å². The number of unbranched alkanes of at least 4 members (excludes halogenated alkanes) is 1. The average Bonchev–Trinajstić information content (AvgIpc) is 2.74. The van der Waals surface area contributed by atoms with Crippen molar-refractivity contribution in [1.82, 2.24) is 19.4 Å². The van der Waals surface area contributed by atoms with Crippen LogP contribution in [0.4, 0.5) is 4.79 Å². The Hall–Kier alpha value is -1.61. The number of fused-ring (bicyclic) bond motifs is 1. The lowest BCUT2D eigenvalue weighted by molar-refractivity contribution is 0.144. The lowest BCUT2D eigenvalue weighted by atomic mass is 10.3. The van der Waals surface area contributed by atoms with Crippen LogP contribution in [0.25, 0.3) is 0 Å². The maximum absolute atomic E-state index is 11.7. The van der Waals surface area contributed by atoms with E-state index in [0.29, 0.717) is 38.4 Å². The lowest BCUT2D eigenvalue weighted by Gasteiger charge is -2.16. The van der Waals surface area contributed by atoms with Crippen molar-refractivity contribution >= 4 is 16.1 Å². The van der Waals surface area contributed by atoms with Crippen LogP contribution in [-0.2, 0) is 34.4 Å². The Labute approximate surface area is 136 Å². The topological polar surface area (TPSA) is 93.5 Å². The first-order valence-electron chi connectivity index (χ1n) is 7.81. The van der Waals surface area contributed by atoms with Crippen LogP contribution in [0.15, 0.2) is 6.07 Å². The molecule has 1 N–H and O–H groups in total. The Morgan fingerprint density at radius 2 is 2.22 bits per heavy atom. The Balaban J connectivity index is 1.93. The number of hydrogen-bond donors (Lipinski definition) is 1. The van der Waals surface area contributed by atoms with E-state index in [1.54, 1.807) is 0 Å². The largest absolute Gasteiger partial charge is 0.450 e. The van der Waals surface area contributed by atoms with E-state index < -0.39 is 16.1 Å². The summed E-state index contributed by atoms with van der Waals surface area (Å²) in [7, 11) is -3.22.